The first-order valence-corrected chi connectivity index (χ1v) is 8.53. The van der Waals surface area contributed by atoms with E-state index in [1.54, 1.807) is 37.3 Å². The molecule has 2 atom stereocenters. The molecule has 0 radical (unpaired) electrons. The maximum atomic E-state index is 12.4. The van der Waals surface area contributed by atoms with E-state index in [1.165, 1.54) is 0 Å². The van der Waals surface area contributed by atoms with Gasteiger partial charge in [-0.3, -0.25) is 9.59 Å². The molecule has 1 heterocycles. The van der Waals surface area contributed by atoms with Crippen molar-refractivity contribution in [3.8, 4) is 11.5 Å². The van der Waals surface area contributed by atoms with E-state index in [9.17, 15) is 9.59 Å². The third-order valence-corrected chi connectivity index (χ3v) is 4.28. The summed E-state index contributed by atoms with van der Waals surface area (Å²) in [5.74, 6) is 0.702. The molecule has 1 fully saturated rings. The minimum Gasteiger partial charge on any atom is -0.497 e. The number of methoxy groups -OCH3 is 2. The van der Waals surface area contributed by atoms with Crippen LogP contribution < -0.4 is 25.0 Å². The van der Waals surface area contributed by atoms with Crippen LogP contribution in [0.25, 0.3) is 0 Å². The molecule has 0 spiro atoms. The number of amides is 2. The SMILES string of the molecule is CCN[C@H](C)CNC(=O)C1CC(=O)N(c2cc(OC)cc(OC)c2)C1. The quantitative estimate of drug-likeness (QED) is 0.736. The second kappa shape index (κ2) is 8.71. The standard InChI is InChI=1S/C18H27N3O4/c1-5-19-12(2)10-20-18(23)13-6-17(22)21(11-13)14-7-15(24-3)9-16(8-14)25-4/h7-9,12-13,19H,5-6,10-11H2,1-4H3,(H,20,23)/t12-,13?/m1/s1. The molecular formula is C18H27N3O4. The van der Waals surface area contributed by atoms with Crippen molar-refractivity contribution in [2.45, 2.75) is 26.3 Å². The van der Waals surface area contributed by atoms with E-state index in [0.717, 1.165) is 6.54 Å². The first-order valence-electron chi connectivity index (χ1n) is 8.53. The summed E-state index contributed by atoms with van der Waals surface area (Å²) in [4.78, 5) is 26.4. The summed E-state index contributed by atoms with van der Waals surface area (Å²) in [6.07, 6.45) is 0.209. The number of ether oxygens (including phenoxy) is 2. The molecule has 1 unspecified atom stereocenters. The van der Waals surface area contributed by atoms with Crippen LogP contribution in [0.15, 0.2) is 18.2 Å². The summed E-state index contributed by atoms with van der Waals surface area (Å²) in [7, 11) is 3.12. The number of carbonyl (C=O) groups excluding carboxylic acids is 2. The van der Waals surface area contributed by atoms with E-state index in [2.05, 4.69) is 10.6 Å². The molecule has 2 rings (SSSR count). The summed E-state index contributed by atoms with van der Waals surface area (Å²) < 4.78 is 10.5. The average molecular weight is 349 g/mol. The van der Waals surface area contributed by atoms with Crippen molar-refractivity contribution in [1.82, 2.24) is 10.6 Å². The van der Waals surface area contributed by atoms with E-state index < -0.39 is 0 Å². The Morgan fingerprint density at radius 3 is 2.48 bits per heavy atom. The van der Waals surface area contributed by atoms with Gasteiger partial charge in [-0.05, 0) is 13.5 Å². The van der Waals surface area contributed by atoms with Crippen molar-refractivity contribution >= 4 is 17.5 Å². The van der Waals surface area contributed by atoms with Crippen molar-refractivity contribution in [3.63, 3.8) is 0 Å². The molecule has 1 saturated heterocycles. The predicted octanol–water partition coefficient (Wildman–Crippen LogP) is 1.17. The Morgan fingerprint density at radius 1 is 1.28 bits per heavy atom. The molecule has 2 N–H and O–H groups in total. The van der Waals surface area contributed by atoms with Gasteiger partial charge in [0.25, 0.3) is 0 Å². The second-order valence-corrected chi connectivity index (χ2v) is 6.18. The van der Waals surface area contributed by atoms with Gasteiger partial charge in [0.1, 0.15) is 11.5 Å². The first-order chi connectivity index (χ1) is 12.0. The van der Waals surface area contributed by atoms with Crippen molar-refractivity contribution in [1.29, 1.82) is 0 Å². The lowest BCUT2D eigenvalue weighted by atomic mass is 10.1. The Morgan fingerprint density at radius 2 is 1.92 bits per heavy atom. The average Bonchev–Trinajstić information content (AvgIpc) is 3.01. The van der Waals surface area contributed by atoms with Gasteiger partial charge in [0.15, 0.2) is 0 Å². The number of rotatable bonds is 8. The Hall–Kier alpha value is -2.28. The number of likely N-dealkylation sites (N-methyl/N-ethyl adjacent to an activating group) is 1. The Kier molecular flexibility index (Phi) is 6.64. The van der Waals surface area contributed by atoms with Crippen molar-refractivity contribution in [2.75, 3.05) is 38.8 Å². The second-order valence-electron chi connectivity index (χ2n) is 6.18. The van der Waals surface area contributed by atoms with Crippen LogP contribution in [-0.2, 0) is 9.59 Å². The predicted molar refractivity (Wildman–Crippen MR) is 96.2 cm³/mol. The molecule has 1 aromatic carbocycles. The number of anilines is 1. The van der Waals surface area contributed by atoms with Crippen molar-refractivity contribution < 1.29 is 19.1 Å². The minimum atomic E-state index is -0.349. The molecule has 7 nitrogen and oxygen atoms in total. The van der Waals surface area contributed by atoms with E-state index in [1.807, 2.05) is 13.8 Å². The molecule has 1 aliphatic rings. The smallest absolute Gasteiger partial charge is 0.227 e. The van der Waals surface area contributed by atoms with Gasteiger partial charge in [-0.2, -0.15) is 0 Å². The van der Waals surface area contributed by atoms with Gasteiger partial charge in [0.2, 0.25) is 11.8 Å². The van der Waals surface area contributed by atoms with E-state index in [4.69, 9.17) is 9.47 Å². The van der Waals surface area contributed by atoms with Crippen LogP contribution in [0.1, 0.15) is 20.3 Å². The van der Waals surface area contributed by atoms with Crippen LogP contribution >= 0.6 is 0 Å². The van der Waals surface area contributed by atoms with Gasteiger partial charge in [-0.15, -0.1) is 0 Å². The van der Waals surface area contributed by atoms with Crippen LogP contribution in [0.4, 0.5) is 5.69 Å². The number of hydrogen-bond acceptors (Lipinski definition) is 5. The lowest BCUT2D eigenvalue weighted by molar-refractivity contribution is -0.126. The molecule has 25 heavy (non-hydrogen) atoms. The fourth-order valence-corrected chi connectivity index (χ4v) is 2.90. The molecule has 0 saturated carbocycles. The summed E-state index contributed by atoms with van der Waals surface area (Å²) >= 11 is 0. The van der Waals surface area contributed by atoms with Gasteiger partial charge < -0.3 is 25.0 Å². The molecule has 1 aromatic rings. The van der Waals surface area contributed by atoms with Gasteiger partial charge in [0.05, 0.1) is 25.8 Å². The van der Waals surface area contributed by atoms with Crippen LogP contribution in [-0.4, -0.2) is 51.7 Å². The number of carbonyl (C=O) groups is 2. The molecule has 138 valence electrons. The molecule has 0 bridgehead atoms. The first kappa shape index (κ1) is 19.1. The van der Waals surface area contributed by atoms with Gasteiger partial charge in [0, 0.05) is 43.8 Å². The zero-order valence-electron chi connectivity index (χ0n) is 15.3. The summed E-state index contributed by atoms with van der Waals surface area (Å²) in [5, 5.41) is 6.16. The molecule has 2 amide bonds. The third kappa shape index (κ3) is 4.85. The lowest BCUT2D eigenvalue weighted by Gasteiger charge is -2.19. The highest BCUT2D eigenvalue weighted by atomic mass is 16.5. The Balaban J connectivity index is 2.03. The highest BCUT2D eigenvalue weighted by Gasteiger charge is 2.35. The van der Waals surface area contributed by atoms with E-state index in [-0.39, 0.29) is 30.2 Å². The van der Waals surface area contributed by atoms with Crippen molar-refractivity contribution in [3.05, 3.63) is 18.2 Å². The monoisotopic (exact) mass is 349 g/mol. The molecule has 0 aliphatic carbocycles. The highest BCUT2D eigenvalue weighted by Crippen LogP contribution is 2.32. The lowest BCUT2D eigenvalue weighted by Crippen LogP contribution is -2.41. The summed E-state index contributed by atoms with van der Waals surface area (Å²) in [6, 6.07) is 5.49. The largest absolute Gasteiger partial charge is 0.497 e. The van der Waals surface area contributed by atoms with E-state index in [0.29, 0.717) is 30.3 Å². The normalized spacial score (nSPS) is 18.2. The maximum Gasteiger partial charge on any atom is 0.227 e. The Labute approximate surface area is 148 Å². The third-order valence-electron chi connectivity index (χ3n) is 4.28. The molecule has 1 aliphatic heterocycles. The fourth-order valence-electron chi connectivity index (χ4n) is 2.90. The number of nitrogens with one attached hydrogen (secondary N) is 2. The Bertz CT molecular complexity index is 598. The maximum absolute atomic E-state index is 12.4. The molecule has 7 heteroatoms. The number of hydrogen-bond donors (Lipinski definition) is 2. The van der Waals surface area contributed by atoms with Crippen LogP contribution in [0.2, 0.25) is 0 Å². The van der Waals surface area contributed by atoms with E-state index >= 15 is 0 Å². The van der Waals surface area contributed by atoms with Crippen LogP contribution in [0.3, 0.4) is 0 Å². The summed E-state index contributed by atoms with van der Waals surface area (Å²) in [5.41, 5.74) is 0.678. The zero-order valence-corrected chi connectivity index (χ0v) is 15.3. The van der Waals surface area contributed by atoms with Gasteiger partial charge in [-0.25, -0.2) is 0 Å². The fraction of sp³-hybridized carbons (Fsp3) is 0.556. The number of nitrogens with zero attached hydrogens (tertiary/aromatic N) is 1. The minimum absolute atomic E-state index is 0.0739. The number of benzene rings is 1. The van der Waals surface area contributed by atoms with Crippen LogP contribution in [0, 0.1) is 5.92 Å². The van der Waals surface area contributed by atoms with Gasteiger partial charge >= 0.3 is 0 Å². The molecular weight excluding hydrogens is 322 g/mol. The topological polar surface area (TPSA) is 79.9 Å². The van der Waals surface area contributed by atoms with Gasteiger partial charge in [-0.1, -0.05) is 6.92 Å². The zero-order chi connectivity index (χ0) is 18.4. The highest BCUT2D eigenvalue weighted by molar-refractivity contribution is 6.00. The summed E-state index contributed by atoms with van der Waals surface area (Å²) in [6.45, 7) is 5.79. The van der Waals surface area contributed by atoms with Crippen LogP contribution in [0.5, 0.6) is 11.5 Å². The van der Waals surface area contributed by atoms with Crippen molar-refractivity contribution in [2.24, 2.45) is 5.92 Å². The molecule has 0 aromatic heterocycles.